The standard InChI is InChI=1S/C9H13N3/c1-3-4-8(10-2)9-5-6-11-7-12-9/h3,5-8,10H,1,4H2,2H3. The molecule has 0 amide bonds. The molecule has 1 unspecified atom stereocenters. The van der Waals surface area contributed by atoms with Crippen molar-refractivity contribution in [2.45, 2.75) is 12.5 Å². The monoisotopic (exact) mass is 163 g/mol. The third-order valence-corrected chi connectivity index (χ3v) is 1.71. The molecule has 3 nitrogen and oxygen atoms in total. The molecule has 0 saturated heterocycles. The van der Waals surface area contributed by atoms with Crippen LogP contribution in [0, 0.1) is 0 Å². The molecule has 1 heterocycles. The molecule has 0 radical (unpaired) electrons. The van der Waals surface area contributed by atoms with E-state index in [-0.39, 0.29) is 6.04 Å². The van der Waals surface area contributed by atoms with Gasteiger partial charge in [0, 0.05) is 6.20 Å². The fourth-order valence-electron chi connectivity index (χ4n) is 1.06. The fraction of sp³-hybridized carbons (Fsp3) is 0.333. The lowest BCUT2D eigenvalue weighted by atomic mass is 10.1. The Bertz CT molecular complexity index is 233. The summed E-state index contributed by atoms with van der Waals surface area (Å²) in [5.74, 6) is 0. The largest absolute Gasteiger partial charge is 0.311 e. The second-order valence-corrected chi connectivity index (χ2v) is 2.50. The first kappa shape index (κ1) is 8.87. The highest BCUT2D eigenvalue weighted by molar-refractivity contribution is 5.05. The molecule has 0 aromatic carbocycles. The maximum atomic E-state index is 4.15. The molecule has 1 N–H and O–H groups in total. The number of nitrogens with zero attached hydrogens (tertiary/aromatic N) is 2. The Morgan fingerprint density at radius 1 is 1.75 bits per heavy atom. The van der Waals surface area contributed by atoms with Crippen LogP contribution in [0.15, 0.2) is 31.2 Å². The first-order valence-electron chi connectivity index (χ1n) is 3.92. The zero-order chi connectivity index (χ0) is 8.81. The SMILES string of the molecule is C=CCC(NC)c1ccncn1. The Hall–Kier alpha value is -1.22. The van der Waals surface area contributed by atoms with Crippen molar-refractivity contribution in [3.05, 3.63) is 36.9 Å². The Kier molecular flexibility index (Phi) is 3.41. The molecule has 0 aliphatic rings. The molecule has 0 bridgehead atoms. The molecule has 0 saturated carbocycles. The van der Waals surface area contributed by atoms with Crippen molar-refractivity contribution in [2.75, 3.05) is 7.05 Å². The van der Waals surface area contributed by atoms with Crippen molar-refractivity contribution in [3.8, 4) is 0 Å². The lowest BCUT2D eigenvalue weighted by molar-refractivity contribution is 0.585. The van der Waals surface area contributed by atoms with Crippen LogP contribution in [0.2, 0.25) is 0 Å². The fourth-order valence-corrected chi connectivity index (χ4v) is 1.06. The molecule has 1 aromatic heterocycles. The van der Waals surface area contributed by atoms with Crippen LogP contribution in [0.5, 0.6) is 0 Å². The molecular weight excluding hydrogens is 150 g/mol. The minimum atomic E-state index is 0.255. The van der Waals surface area contributed by atoms with Crippen molar-refractivity contribution in [1.29, 1.82) is 0 Å². The van der Waals surface area contributed by atoms with Crippen molar-refractivity contribution < 1.29 is 0 Å². The van der Waals surface area contributed by atoms with Crippen LogP contribution in [0.3, 0.4) is 0 Å². The van der Waals surface area contributed by atoms with Gasteiger partial charge in [0.1, 0.15) is 6.33 Å². The van der Waals surface area contributed by atoms with Crippen molar-refractivity contribution in [1.82, 2.24) is 15.3 Å². The second kappa shape index (κ2) is 4.62. The highest BCUT2D eigenvalue weighted by Gasteiger charge is 2.06. The van der Waals surface area contributed by atoms with E-state index < -0.39 is 0 Å². The van der Waals surface area contributed by atoms with Gasteiger partial charge in [0.25, 0.3) is 0 Å². The van der Waals surface area contributed by atoms with Gasteiger partial charge in [-0.25, -0.2) is 9.97 Å². The quantitative estimate of drug-likeness (QED) is 0.680. The van der Waals surface area contributed by atoms with E-state index in [1.54, 1.807) is 12.5 Å². The zero-order valence-electron chi connectivity index (χ0n) is 7.20. The average Bonchev–Trinajstić information content (AvgIpc) is 2.15. The topological polar surface area (TPSA) is 37.8 Å². The van der Waals surface area contributed by atoms with E-state index in [4.69, 9.17) is 0 Å². The highest BCUT2D eigenvalue weighted by Crippen LogP contribution is 2.12. The first-order valence-corrected chi connectivity index (χ1v) is 3.92. The van der Waals surface area contributed by atoms with E-state index >= 15 is 0 Å². The second-order valence-electron chi connectivity index (χ2n) is 2.50. The van der Waals surface area contributed by atoms with Gasteiger partial charge in [-0.3, -0.25) is 0 Å². The van der Waals surface area contributed by atoms with E-state index in [1.807, 2.05) is 19.2 Å². The van der Waals surface area contributed by atoms with Crippen molar-refractivity contribution in [2.24, 2.45) is 0 Å². The predicted octanol–water partition coefficient (Wildman–Crippen LogP) is 1.31. The zero-order valence-corrected chi connectivity index (χ0v) is 7.20. The lowest BCUT2D eigenvalue weighted by Gasteiger charge is -2.11. The molecule has 1 rings (SSSR count). The number of hydrogen-bond donors (Lipinski definition) is 1. The van der Waals surface area contributed by atoms with E-state index in [9.17, 15) is 0 Å². The van der Waals surface area contributed by atoms with Crippen LogP contribution < -0.4 is 5.32 Å². The van der Waals surface area contributed by atoms with E-state index in [2.05, 4.69) is 21.9 Å². The smallest absolute Gasteiger partial charge is 0.115 e. The molecule has 0 fully saturated rings. The molecule has 64 valence electrons. The summed E-state index contributed by atoms with van der Waals surface area (Å²) in [4.78, 5) is 8.00. The summed E-state index contributed by atoms with van der Waals surface area (Å²) in [6.45, 7) is 3.69. The van der Waals surface area contributed by atoms with Gasteiger partial charge < -0.3 is 5.32 Å². The van der Waals surface area contributed by atoms with Gasteiger partial charge in [-0.1, -0.05) is 6.08 Å². The maximum absolute atomic E-state index is 4.15. The summed E-state index contributed by atoms with van der Waals surface area (Å²) < 4.78 is 0. The Labute approximate surface area is 72.6 Å². The molecular formula is C9H13N3. The maximum Gasteiger partial charge on any atom is 0.115 e. The van der Waals surface area contributed by atoms with Crippen molar-refractivity contribution in [3.63, 3.8) is 0 Å². The normalized spacial score (nSPS) is 12.4. The summed E-state index contributed by atoms with van der Waals surface area (Å²) in [7, 11) is 1.91. The van der Waals surface area contributed by atoms with Gasteiger partial charge in [-0.2, -0.15) is 0 Å². The Morgan fingerprint density at radius 2 is 2.58 bits per heavy atom. The molecule has 12 heavy (non-hydrogen) atoms. The van der Waals surface area contributed by atoms with E-state index in [0.717, 1.165) is 12.1 Å². The summed E-state index contributed by atoms with van der Waals surface area (Å²) in [5.41, 5.74) is 1.01. The first-order chi connectivity index (χ1) is 5.88. The van der Waals surface area contributed by atoms with Crippen molar-refractivity contribution >= 4 is 0 Å². The van der Waals surface area contributed by atoms with Gasteiger partial charge in [-0.05, 0) is 19.5 Å². The number of aromatic nitrogens is 2. The van der Waals surface area contributed by atoms with Gasteiger partial charge >= 0.3 is 0 Å². The average molecular weight is 163 g/mol. The van der Waals surface area contributed by atoms with Gasteiger partial charge in [0.05, 0.1) is 11.7 Å². The van der Waals surface area contributed by atoms with Gasteiger partial charge in [0.2, 0.25) is 0 Å². The van der Waals surface area contributed by atoms with E-state index in [0.29, 0.717) is 0 Å². The van der Waals surface area contributed by atoms with Crippen LogP contribution in [0.25, 0.3) is 0 Å². The molecule has 0 aliphatic heterocycles. The number of nitrogens with one attached hydrogen (secondary N) is 1. The number of hydrogen-bond acceptors (Lipinski definition) is 3. The number of rotatable bonds is 4. The molecule has 1 atom stereocenters. The van der Waals surface area contributed by atoms with Crippen LogP contribution >= 0.6 is 0 Å². The molecule has 0 spiro atoms. The van der Waals surface area contributed by atoms with Gasteiger partial charge in [0.15, 0.2) is 0 Å². The summed E-state index contributed by atoms with van der Waals surface area (Å²) in [6, 6.07) is 2.16. The highest BCUT2D eigenvalue weighted by atomic mass is 14.9. The third kappa shape index (κ3) is 2.13. The summed E-state index contributed by atoms with van der Waals surface area (Å²) >= 11 is 0. The van der Waals surface area contributed by atoms with Crippen LogP contribution in [-0.2, 0) is 0 Å². The van der Waals surface area contributed by atoms with Crippen LogP contribution in [0.1, 0.15) is 18.2 Å². The van der Waals surface area contributed by atoms with Crippen LogP contribution in [0.4, 0.5) is 0 Å². The molecule has 0 aliphatic carbocycles. The Morgan fingerprint density at radius 3 is 3.08 bits per heavy atom. The summed E-state index contributed by atoms with van der Waals surface area (Å²) in [6.07, 6.45) is 6.06. The molecule has 1 aromatic rings. The minimum Gasteiger partial charge on any atom is -0.311 e. The summed E-state index contributed by atoms with van der Waals surface area (Å²) in [5, 5.41) is 3.16. The lowest BCUT2D eigenvalue weighted by Crippen LogP contribution is -2.16. The minimum absolute atomic E-state index is 0.255. The van der Waals surface area contributed by atoms with Crippen LogP contribution in [-0.4, -0.2) is 17.0 Å². The van der Waals surface area contributed by atoms with Gasteiger partial charge in [-0.15, -0.1) is 6.58 Å². The van der Waals surface area contributed by atoms with E-state index in [1.165, 1.54) is 0 Å². The predicted molar refractivity (Wildman–Crippen MR) is 48.6 cm³/mol. The Balaban J connectivity index is 2.72. The third-order valence-electron chi connectivity index (χ3n) is 1.71. The molecule has 3 heteroatoms.